The summed E-state index contributed by atoms with van der Waals surface area (Å²) in [5, 5.41) is 0. The number of carbonyl (C=O) groups excluding carboxylic acids is 1. The van der Waals surface area contributed by atoms with Crippen molar-refractivity contribution < 1.29 is 4.79 Å². The summed E-state index contributed by atoms with van der Waals surface area (Å²) in [6.45, 7) is 2.08. The maximum absolute atomic E-state index is 12.4. The zero-order valence-electron chi connectivity index (χ0n) is 10.4. The normalized spacial score (nSPS) is 17.8. The molecule has 0 bridgehead atoms. The zero-order valence-corrected chi connectivity index (χ0v) is 10.4. The largest absolute Gasteiger partial charge is 0.294 e. The molecule has 1 aromatic carbocycles. The first-order valence-corrected chi connectivity index (χ1v) is 6.38. The highest BCUT2D eigenvalue weighted by molar-refractivity contribution is 6.07. The molecule has 2 heteroatoms. The van der Waals surface area contributed by atoms with Gasteiger partial charge < -0.3 is 0 Å². The minimum atomic E-state index is 0.157. The van der Waals surface area contributed by atoms with Crippen LogP contribution in [0.3, 0.4) is 0 Å². The summed E-state index contributed by atoms with van der Waals surface area (Å²) >= 11 is 0. The second-order valence-electron chi connectivity index (χ2n) is 4.73. The first kappa shape index (κ1) is 11.1. The first-order chi connectivity index (χ1) is 8.81. The molecular weight excluding hydrogens is 222 g/mol. The molecule has 90 valence electrons. The molecule has 1 atom stereocenters. The lowest BCUT2D eigenvalue weighted by Gasteiger charge is -2.06. The topological polar surface area (TPSA) is 30.0 Å². The van der Waals surface area contributed by atoms with Crippen LogP contribution in [-0.4, -0.2) is 10.8 Å². The summed E-state index contributed by atoms with van der Waals surface area (Å²) in [7, 11) is 0. The number of rotatable bonds is 2. The van der Waals surface area contributed by atoms with Gasteiger partial charge in [0, 0.05) is 23.2 Å². The third-order valence-corrected chi connectivity index (χ3v) is 3.67. The van der Waals surface area contributed by atoms with Crippen molar-refractivity contribution in [2.24, 2.45) is 5.92 Å². The second-order valence-corrected chi connectivity index (χ2v) is 4.73. The number of hydrogen-bond donors (Lipinski definition) is 0. The van der Waals surface area contributed by atoms with Gasteiger partial charge in [0.2, 0.25) is 0 Å². The highest BCUT2D eigenvalue weighted by Gasteiger charge is 2.31. The Bertz CT molecular complexity index is 589. The number of pyridine rings is 1. The predicted octanol–water partition coefficient (Wildman–Crippen LogP) is 3.51. The van der Waals surface area contributed by atoms with Crippen molar-refractivity contribution in [3.63, 3.8) is 0 Å². The van der Waals surface area contributed by atoms with Crippen molar-refractivity contribution in [1.29, 1.82) is 0 Å². The van der Waals surface area contributed by atoms with Crippen molar-refractivity contribution in [2.45, 2.75) is 19.8 Å². The summed E-state index contributed by atoms with van der Waals surface area (Å²) in [5.41, 5.74) is 3.94. The summed E-state index contributed by atoms with van der Waals surface area (Å²) in [5.74, 6) is 0.443. The van der Waals surface area contributed by atoms with Gasteiger partial charge in [0.15, 0.2) is 5.78 Å². The third kappa shape index (κ3) is 1.65. The Morgan fingerprint density at radius 3 is 2.83 bits per heavy atom. The van der Waals surface area contributed by atoms with E-state index in [0.29, 0.717) is 0 Å². The second kappa shape index (κ2) is 4.37. The smallest absolute Gasteiger partial charge is 0.167 e. The Morgan fingerprint density at radius 2 is 2.11 bits per heavy atom. The fourth-order valence-corrected chi connectivity index (χ4v) is 2.69. The van der Waals surface area contributed by atoms with E-state index in [9.17, 15) is 4.79 Å². The molecule has 3 rings (SSSR count). The maximum atomic E-state index is 12.4. The summed E-state index contributed by atoms with van der Waals surface area (Å²) in [4.78, 5) is 16.8. The van der Waals surface area contributed by atoms with Crippen molar-refractivity contribution in [3.05, 3.63) is 53.7 Å². The molecule has 0 radical (unpaired) electrons. The molecule has 1 aliphatic rings. The van der Waals surface area contributed by atoms with Gasteiger partial charge in [-0.3, -0.25) is 9.78 Å². The molecule has 0 N–H and O–H groups in total. The Kier molecular flexibility index (Phi) is 2.71. The van der Waals surface area contributed by atoms with E-state index in [-0.39, 0.29) is 11.7 Å². The molecule has 2 nitrogen and oxygen atoms in total. The number of ketones is 1. The average molecular weight is 237 g/mol. The molecule has 1 aromatic heterocycles. The molecule has 1 unspecified atom stereocenters. The van der Waals surface area contributed by atoms with Gasteiger partial charge in [0.05, 0.1) is 5.69 Å². The van der Waals surface area contributed by atoms with E-state index < -0.39 is 0 Å². The molecule has 18 heavy (non-hydrogen) atoms. The van der Waals surface area contributed by atoms with E-state index in [1.807, 2.05) is 30.3 Å². The van der Waals surface area contributed by atoms with Crippen molar-refractivity contribution in [3.8, 4) is 11.3 Å². The van der Waals surface area contributed by atoms with Gasteiger partial charge in [-0.2, -0.15) is 0 Å². The summed E-state index contributed by atoms with van der Waals surface area (Å²) in [6, 6.07) is 11.9. The average Bonchev–Trinajstić information content (AvgIpc) is 2.76. The van der Waals surface area contributed by atoms with E-state index in [1.54, 1.807) is 6.20 Å². The van der Waals surface area contributed by atoms with Gasteiger partial charge >= 0.3 is 0 Å². The van der Waals surface area contributed by atoms with Crippen LogP contribution in [0.5, 0.6) is 0 Å². The Hall–Kier alpha value is -1.96. The van der Waals surface area contributed by atoms with Crippen LogP contribution in [0.25, 0.3) is 11.3 Å². The first-order valence-electron chi connectivity index (χ1n) is 6.38. The van der Waals surface area contributed by atoms with E-state index in [4.69, 9.17) is 0 Å². The van der Waals surface area contributed by atoms with E-state index in [0.717, 1.165) is 29.7 Å². The van der Waals surface area contributed by atoms with Crippen LogP contribution in [0.4, 0.5) is 0 Å². The minimum absolute atomic E-state index is 0.157. The number of aromatic nitrogens is 1. The van der Waals surface area contributed by atoms with Gasteiger partial charge in [-0.15, -0.1) is 0 Å². The fraction of sp³-hybridized carbons (Fsp3) is 0.250. The van der Waals surface area contributed by atoms with Crippen LogP contribution in [0.1, 0.15) is 29.3 Å². The number of hydrogen-bond acceptors (Lipinski definition) is 2. The number of carbonyl (C=O) groups is 1. The monoisotopic (exact) mass is 237 g/mol. The van der Waals surface area contributed by atoms with Gasteiger partial charge in [0.1, 0.15) is 0 Å². The minimum Gasteiger partial charge on any atom is -0.294 e. The molecule has 0 spiro atoms. The van der Waals surface area contributed by atoms with Gasteiger partial charge in [-0.25, -0.2) is 0 Å². The van der Waals surface area contributed by atoms with Crippen LogP contribution >= 0.6 is 0 Å². The molecule has 1 heterocycles. The molecule has 2 aromatic rings. The van der Waals surface area contributed by atoms with E-state index in [1.165, 1.54) is 5.56 Å². The van der Waals surface area contributed by atoms with Crippen LogP contribution < -0.4 is 0 Å². The van der Waals surface area contributed by atoms with Crippen molar-refractivity contribution >= 4 is 5.78 Å². The lowest BCUT2D eigenvalue weighted by atomic mass is 9.98. The Labute approximate surface area is 107 Å². The molecule has 0 saturated carbocycles. The highest BCUT2D eigenvalue weighted by Crippen LogP contribution is 2.35. The molecular formula is C16H15NO. The maximum Gasteiger partial charge on any atom is 0.167 e. The lowest BCUT2D eigenvalue weighted by molar-refractivity contribution is 0.0934. The zero-order chi connectivity index (χ0) is 12.5. The van der Waals surface area contributed by atoms with Crippen LogP contribution in [0.2, 0.25) is 0 Å². The number of Topliss-reactive ketones (excluding diaryl/α,β-unsaturated/α-hetero) is 1. The van der Waals surface area contributed by atoms with E-state index in [2.05, 4.69) is 18.0 Å². The number of fused-ring (bicyclic) bond motifs is 1. The summed E-state index contributed by atoms with van der Waals surface area (Å²) < 4.78 is 0. The van der Waals surface area contributed by atoms with Gasteiger partial charge in [-0.1, -0.05) is 31.2 Å². The van der Waals surface area contributed by atoms with Gasteiger partial charge in [-0.05, 0) is 30.5 Å². The van der Waals surface area contributed by atoms with Crippen molar-refractivity contribution in [2.75, 3.05) is 0 Å². The number of benzene rings is 1. The number of nitrogens with zero attached hydrogens (tertiary/aromatic N) is 1. The quantitative estimate of drug-likeness (QED) is 0.800. The Balaban J connectivity index is 2.16. The molecule has 0 saturated heterocycles. The molecule has 1 aliphatic carbocycles. The summed E-state index contributed by atoms with van der Waals surface area (Å²) in [6.07, 6.45) is 3.56. The molecule has 0 fully saturated rings. The Morgan fingerprint density at radius 1 is 1.22 bits per heavy atom. The van der Waals surface area contributed by atoms with Crippen LogP contribution in [-0.2, 0) is 6.42 Å². The van der Waals surface area contributed by atoms with E-state index >= 15 is 0 Å². The highest BCUT2D eigenvalue weighted by atomic mass is 16.1. The van der Waals surface area contributed by atoms with Crippen LogP contribution in [0, 0.1) is 5.92 Å². The SMILES string of the molecule is CCC1Cc2cccc(-c3ccccn3)c2C1=O. The molecule has 0 amide bonds. The van der Waals surface area contributed by atoms with Crippen LogP contribution in [0.15, 0.2) is 42.6 Å². The fourth-order valence-electron chi connectivity index (χ4n) is 2.69. The predicted molar refractivity (Wildman–Crippen MR) is 71.5 cm³/mol. The standard InChI is InChI=1S/C16H15NO/c1-2-11-10-12-6-5-7-13(15(12)16(11)18)14-8-3-4-9-17-14/h3-9,11H,2,10H2,1H3. The third-order valence-electron chi connectivity index (χ3n) is 3.67. The van der Waals surface area contributed by atoms with Gasteiger partial charge in [0.25, 0.3) is 0 Å². The molecule has 0 aliphatic heterocycles. The van der Waals surface area contributed by atoms with Crippen molar-refractivity contribution in [1.82, 2.24) is 4.98 Å². The lowest BCUT2D eigenvalue weighted by Crippen LogP contribution is -2.07.